The van der Waals surface area contributed by atoms with Gasteiger partial charge in [-0.3, -0.25) is 0 Å². The van der Waals surface area contributed by atoms with E-state index < -0.39 is 5.97 Å². The topological polar surface area (TPSA) is 68.0 Å². The molecule has 3 aromatic rings. The van der Waals surface area contributed by atoms with Crippen LogP contribution in [0.1, 0.15) is 21.6 Å². The lowest BCUT2D eigenvalue weighted by molar-refractivity contribution is 0.0699. The maximum Gasteiger partial charge on any atom is 0.336 e. The molecule has 0 saturated heterocycles. The number of carbonyl (C=O) groups is 1. The second-order valence-corrected chi connectivity index (χ2v) is 5.15. The van der Waals surface area contributed by atoms with Crippen LogP contribution in [-0.2, 0) is 6.54 Å². The van der Waals surface area contributed by atoms with Crippen molar-refractivity contribution in [1.29, 1.82) is 0 Å². The molecular formula is C15H12ClN3O2. The summed E-state index contributed by atoms with van der Waals surface area (Å²) in [6.45, 7) is 2.21. The van der Waals surface area contributed by atoms with Crippen molar-refractivity contribution in [3.63, 3.8) is 0 Å². The number of hydrogen-bond donors (Lipinski definition) is 1. The average Bonchev–Trinajstić information content (AvgIpc) is 2.83. The van der Waals surface area contributed by atoms with E-state index in [1.165, 1.54) is 6.20 Å². The first-order valence-corrected chi connectivity index (χ1v) is 6.74. The standard InChI is InChI=1S/C15H12ClN3O2/c1-9-6-11(15(20)21)12-7-17-19(14(12)18-9)8-10-4-2-3-5-13(10)16/h2-7H,8H2,1H3,(H,20,21). The highest BCUT2D eigenvalue weighted by Gasteiger charge is 2.15. The normalized spacial score (nSPS) is 11.0. The second kappa shape index (κ2) is 5.18. The number of carboxylic acids is 1. The first kappa shape index (κ1) is 13.6. The van der Waals surface area contributed by atoms with Gasteiger partial charge in [-0.15, -0.1) is 0 Å². The van der Waals surface area contributed by atoms with Gasteiger partial charge in [0.05, 0.1) is 23.7 Å². The molecule has 1 N–H and O–H groups in total. The zero-order chi connectivity index (χ0) is 15.0. The van der Waals surface area contributed by atoms with Crippen molar-refractivity contribution in [2.75, 3.05) is 0 Å². The van der Waals surface area contributed by atoms with Crippen molar-refractivity contribution in [3.8, 4) is 0 Å². The van der Waals surface area contributed by atoms with Gasteiger partial charge in [0, 0.05) is 10.7 Å². The number of nitrogens with zero attached hydrogens (tertiary/aromatic N) is 3. The smallest absolute Gasteiger partial charge is 0.336 e. The third-order valence-corrected chi connectivity index (χ3v) is 3.61. The van der Waals surface area contributed by atoms with Gasteiger partial charge in [0.1, 0.15) is 0 Å². The number of benzene rings is 1. The van der Waals surface area contributed by atoms with Crippen LogP contribution in [-0.4, -0.2) is 25.8 Å². The van der Waals surface area contributed by atoms with Crippen molar-refractivity contribution in [1.82, 2.24) is 14.8 Å². The Morgan fingerprint density at radius 3 is 2.86 bits per heavy atom. The van der Waals surface area contributed by atoms with Crippen LogP contribution in [0.5, 0.6) is 0 Å². The summed E-state index contributed by atoms with van der Waals surface area (Å²) in [5.74, 6) is -0.984. The monoisotopic (exact) mass is 301 g/mol. The predicted octanol–water partition coefficient (Wildman–Crippen LogP) is 3.14. The summed E-state index contributed by atoms with van der Waals surface area (Å²) >= 11 is 6.15. The van der Waals surface area contributed by atoms with Crippen molar-refractivity contribution >= 4 is 28.6 Å². The highest BCUT2D eigenvalue weighted by Crippen LogP contribution is 2.21. The van der Waals surface area contributed by atoms with Crippen LogP contribution in [0.15, 0.2) is 36.5 Å². The molecule has 21 heavy (non-hydrogen) atoms. The van der Waals surface area contributed by atoms with Gasteiger partial charge in [-0.05, 0) is 24.6 Å². The van der Waals surface area contributed by atoms with Gasteiger partial charge in [0.2, 0.25) is 0 Å². The molecule has 6 heteroatoms. The van der Waals surface area contributed by atoms with Crippen LogP contribution in [0, 0.1) is 6.92 Å². The maximum absolute atomic E-state index is 11.3. The van der Waals surface area contributed by atoms with E-state index in [1.807, 2.05) is 24.3 Å². The summed E-state index contributed by atoms with van der Waals surface area (Å²) in [4.78, 5) is 15.7. The van der Waals surface area contributed by atoms with Crippen molar-refractivity contribution < 1.29 is 9.90 Å². The molecule has 0 saturated carbocycles. The van der Waals surface area contributed by atoms with Gasteiger partial charge in [-0.25, -0.2) is 14.5 Å². The zero-order valence-electron chi connectivity index (χ0n) is 11.2. The number of aromatic nitrogens is 3. The lowest BCUT2D eigenvalue weighted by Gasteiger charge is -2.06. The number of pyridine rings is 1. The van der Waals surface area contributed by atoms with Gasteiger partial charge >= 0.3 is 5.97 Å². The quantitative estimate of drug-likeness (QED) is 0.807. The van der Waals surface area contributed by atoms with Gasteiger partial charge in [0.25, 0.3) is 0 Å². The Labute approximate surface area is 125 Å². The van der Waals surface area contributed by atoms with Crippen molar-refractivity contribution in [2.45, 2.75) is 13.5 Å². The van der Waals surface area contributed by atoms with Gasteiger partial charge in [-0.2, -0.15) is 5.10 Å². The molecule has 0 radical (unpaired) electrons. The van der Waals surface area contributed by atoms with E-state index in [2.05, 4.69) is 10.1 Å². The highest BCUT2D eigenvalue weighted by molar-refractivity contribution is 6.31. The molecule has 2 aromatic heterocycles. The van der Waals surface area contributed by atoms with E-state index in [-0.39, 0.29) is 5.56 Å². The Morgan fingerprint density at radius 2 is 2.14 bits per heavy atom. The number of hydrogen-bond acceptors (Lipinski definition) is 3. The number of aryl methyl sites for hydroxylation is 1. The third kappa shape index (κ3) is 2.48. The Balaban J connectivity index is 2.13. The molecule has 0 spiro atoms. The molecule has 0 aliphatic heterocycles. The molecule has 2 heterocycles. The Morgan fingerprint density at radius 1 is 1.38 bits per heavy atom. The summed E-state index contributed by atoms with van der Waals surface area (Å²) < 4.78 is 1.66. The second-order valence-electron chi connectivity index (χ2n) is 4.75. The van der Waals surface area contributed by atoms with Crippen molar-refractivity contribution in [2.24, 2.45) is 0 Å². The molecule has 0 aliphatic carbocycles. The minimum atomic E-state index is -0.984. The maximum atomic E-state index is 11.3. The first-order chi connectivity index (χ1) is 10.1. The van der Waals surface area contributed by atoms with E-state index in [1.54, 1.807) is 17.7 Å². The predicted molar refractivity (Wildman–Crippen MR) is 79.8 cm³/mol. The lowest BCUT2D eigenvalue weighted by atomic mass is 10.1. The highest BCUT2D eigenvalue weighted by atomic mass is 35.5. The van der Waals surface area contributed by atoms with E-state index in [0.717, 1.165) is 5.56 Å². The largest absolute Gasteiger partial charge is 0.478 e. The Hall–Kier alpha value is -2.40. The molecule has 3 rings (SSSR count). The fraction of sp³-hybridized carbons (Fsp3) is 0.133. The summed E-state index contributed by atoms with van der Waals surface area (Å²) in [5.41, 5.74) is 2.31. The van der Waals surface area contributed by atoms with Crippen LogP contribution >= 0.6 is 11.6 Å². The minimum absolute atomic E-state index is 0.211. The molecule has 1 aromatic carbocycles. The van der Waals surface area contributed by atoms with Crippen molar-refractivity contribution in [3.05, 3.63) is 58.4 Å². The summed E-state index contributed by atoms with van der Waals surface area (Å²) in [5, 5.41) is 14.7. The zero-order valence-corrected chi connectivity index (χ0v) is 12.0. The lowest BCUT2D eigenvalue weighted by Crippen LogP contribution is -2.05. The van der Waals surface area contributed by atoms with E-state index in [4.69, 9.17) is 11.6 Å². The molecule has 5 nitrogen and oxygen atoms in total. The molecule has 0 amide bonds. The molecule has 106 valence electrons. The molecule has 0 atom stereocenters. The minimum Gasteiger partial charge on any atom is -0.478 e. The van der Waals surface area contributed by atoms with Gasteiger partial charge in [-0.1, -0.05) is 29.8 Å². The van der Waals surface area contributed by atoms with E-state index in [0.29, 0.717) is 28.3 Å². The molecule has 0 bridgehead atoms. The van der Waals surface area contributed by atoms with Gasteiger partial charge in [0.15, 0.2) is 5.65 Å². The van der Waals surface area contributed by atoms with Crippen LogP contribution in [0.2, 0.25) is 5.02 Å². The Bertz CT molecular complexity index is 842. The summed E-state index contributed by atoms with van der Waals surface area (Å²) in [6.07, 6.45) is 1.53. The average molecular weight is 302 g/mol. The summed E-state index contributed by atoms with van der Waals surface area (Å²) in [6, 6.07) is 9.02. The third-order valence-electron chi connectivity index (χ3n) is 3.25. The molecule has 0 unspecified atom stereocenters. The van der Waals surface area contributed by atoms with E-state index >= 15 is 0 Å². The Kier molecular flexibility index (Phi) is 3.35. The van der Waals surface area contributed by atoms with Crippen LogP contribution < -0.4 is 0 Å². The van der Waals surface area contributed by atoms with E-state index in [9.17, 15) is 9.90 Å². The van der Waals surface area contributed by atoms with Crippen LogP contribution in [0.4, 0.5) is 0 Å². The number of halogens is 1. The fourth-order valence-electron chi connectivity index (χ4n) is 2.25. The fourth-order valence-corrected chi connectivity index (χ4v) is 2.45. The number of aromatic carboxylic acids is 1. The molecule has 0 fully saturated rings. The number of rotatable bonds is 3. The molecular weight excluding hydrogens is 290 g/mol. The summed E-state index contributed by atoms with van der Waals surface area (Å²) in [7, 11) is 0. The van der Waals surface area contributed by atoms with Crippen LogP contribution in [0.3, 0.4) is 0 Å². The first-order valence-electron chi connectivity index (χ1n) is 6.36. The number of carboxylic acid groups (broad SMARTS) is 1. The van der Waals surface area contributed by atoms with Crippen LogP contribution in [0.25, 0.3) is 11.0 Å². The molecule has 0 aliphatic rings. The SMILES string of the molecule is Cc1cc(C(=O)O)c2cnn(Cc3ccccc3Cl)c2n1. The van der Waals surface area contributed by atoms with Gasteiger partial charge < -0.3 is 5.11 Å². The number of fused-ring (bicyclic) bond motifs is 1.